The van der Waals surface area contributed by atoms with Crippen LogP contribution >= 0.6 is 11.3 Å². The van der Waals surface area contributed by atoms with Crippen LogP contribution in [0.1, 0.15) is 37.9 Å². The smallest absolute Gasteiger partial charge is 0.344 e. The first-order valence-electron chi connectivity index (χ1n) is 12.9. The number of esters is 2. The van der Waals surface area contributed by atoms with Crippen LogP contribution in [0.4, 0.5) is 0 Å². The second-order valence-corrected chi connectivity index (χ2v) is 9.93. The predicted molar refractivity (Wildman–Crippen MR) is 148 cm³/mol. The third kappa shape index (κ3) is 5.55. The molecule has 3 heterocycles. The van der Waals surface area contributed by atoms with Crippen molar-refractivity contribution >= 4 is 29.4 Å². The Bertz CT molecular complexity index is 1720. The number of aromatic nitrogens is 1. The molecule has 2 aromatic carbocycles. The molecule has 12 heteroatoms. The minimum absolute atomic E-state index is 0.146. The molecule has 2 aliphatic heterocycles. The van der Waals surface area contributed by atoms with Crippen molar-refractivity contribution in [1.29, 1.82) is 0 Å². The highest BCUT2D eigenvalue weighted by molar-refractivity contribution is 7.07. The molecule has 214 valence electrons. The third-order valence-corrected chi connectivity index (χ3v) is 7.35. The van der Waals surface area contributed by atoms with Gasteiger partial charge < -0.3 is 28.4 Å². The van der Waals surface area contributed by atoms with Gasteiger partial charge in [0.25, 0.3) is 5.56 Å². The highest BCUT2D eigenvalue weighted by atomic mass is 32.1. The molecule has 0 bridgehead atoms. The Labute approximate surface area is 238 Å². The van der Waals surface area contributed by atoms with E-state index in [4.69, 9.17) is 28.4 Å². The van der Waals surface area contributed by atoms with Crippen LogP contribution in [0.3, 0.4) is 0 Å². The van der Waals surface area contributed by atoms with Crippen LogP contribution in [0.2, 0.25) is 0 Å². The van der Waals surface area contributed by atoms with E-state index in [1.54, 1.807) is 57.2 Å². The number of ether oxygens (including phenoxy) is 6. The Balaban J connectivity index is 1.61. The minimum atomic E-state index is -0.850. The summed E-state index contributed by atoms with van der Waals surface area (Å²) in [7, 11) is 1.46. The molecular formula is C29H28N2O9S. The second-order valence-electron chi connectivity index (χ2n) is 8.92. The third-order valence-electron chi connectivity index (χ3n) is 6.37. The maximum absolute atomic E-state index is 13.9. The van der Waals surface area contributed by atoms with Gasteiger partial charge in [-0.2, -0.15) is 0 Å². The molecule has 11 nitrogen and oxygen atoms in total. The van der Waals surface area contributed by atoms with E-state index >= 15 is 0 Å². The van der Waals surface area contributed by atoms with Crippen molar-refractivity contribution in [2.24, 2.45) is 4.99 Å². The Morgan fingerprint density at radius 1 is 1.07 bits per heavy atom. The number of methoxy groups -OCH3 is 1. The van der Waals surface area contributed by atoms with Crippen LogP contribution in [0, 0.1) is 0 Å². The van der Waals surface area contributed by atoms with Crippen molar-refractivity contribution in [1.82, 2.24) is 4.57 Å². The summed E-state index contributed by atoms with van der Waals surface area (Å²) >= 11 is 1.21. The fraction of sp³-hybridized carbons (Fsp3) is 0.310. The minimum Gasteiger partial charge on any atom is -0.493 e. The standard InChI is InChI=1S/C29H28N2O9S/c1-5-36-24(32)14-38-19-10-8-18(13-21(19)35-4)26-25(28(34)37-6-2)16(3)30-29-31(26)27(33)23(41-29)12-17-7-9-20-22(11-17)40-15-39-20/h7-13,26H,5-6,14-15H2,1-4H3/b23-12-. The molecule has 1 unspecified atom stereocenters. The Kier molecular flexibility index (Phi) is 8.11. The molecule has 1 atom stereocenters. The van der Waals surface area contributed by atoms with Crippen LogP contribution in [0.15, 0.2) is 57.5 Å². The van der Waals surface area contributed by atoms with E-state index in [0.717, 1.165) is 5.56 Å². The fourth-order valence-electron chi connectivity index (χ4n) is 4.57. The van der Waals surface area contributed by atoms with E-state index in [0.29, 0.717) is 43.6 Å². The topological polar surface area (TPSA) is 124 Å². The number of benzene rings is 2. The molecule has 0 spiro atoms. The van der Waals surface area contributed by atoms with E-state index in [-0.39, 0.29) is 37.7 Å². The van der Waals surface area contributed by atoms with E-state index < -0.39 is 18.0 Å². The summed E-state index contributed by atoms with van der Waals surface area (Å²) in [5.74, 6) is 0.760. The Morgan fingerprint density at radius 2 is 1.85 bits per heavy atom. The summed E-state index contributed by atoms with van der Waals surface area (Å²) in [4.78, 5) is 43.9. The van der Waals surface area contributed by atoms with E-state index in [9.17, 15) is 14.4 Å². The summed E-state index contributed by atoms with van der Waals surface area (Å²) in [6.45, 7) is 5.36. The van der Waals surface area contributed by atoms with Gasteiger partial charge in [-0.3, -0.25) is 9.36 Å². The molecule has 1 aromatic heterocycles. The lowest BCUT2D eigenvalue weighted by atomic mass is 9.95. The number of carbonyl (C=O) groups excluding carboxylic acids is 2. The van der Waals surface area contributed by atoms with Crippen molar-refractivity contribution in [3.8, 4) is 23.0 Å². The largest absolute Gasteiger partial charge is 0.493 e. The van der Waals surface area contributed by atoms with Gasteiger partial charge in [-0.15, -0.1) is 0 Å². The lowest BCUT2D eigenvalue weighted by Crippen LogP contribution is -2.40. The van der Waals surface area contributed by atoms with Gasteiger partial charge in [0, 0.05) is 0 Å². The average Bonchev–Trinajstić information content (AvgIpc) is 3.55. The van der Waals surface area contributed by atoms with Crippen molar-refractivity contribution in [2.45, 2.75) is 26.8 Å². The maximum atomic E-state index is 13.9. The zero-order valence-corrected chi connectivity index (χ0v) is 23.7. The first-order chi connectivity index (χ1) is 19.8. The summed E-state index contributed by atoms with van der Waals surface area (Å²) in [6, 6.07) is 9.56. The zero-order chi connectivity index (χ0) is 29.1. The van der Waals surface area contributed by atoms with Crippen LogP contribution in [0.25, 0.3) is 6.08 Å². The lowest BCUT2D eigenvalue weighted by Gasteiger charge is -2.25. The Hall–Kier alpha value is -4.58. The van der Waals surface area contributed by atoms with Crippen molar-refractivity contribution in [3.05, 3.63) is 78.5 Å². The molecule has 0 amide bonds. The number of rotatable bonds is 9. The van der Waals surface area contributed by atoms with Gasteiger partial charge in [-0.05, 0) is 62.2 Å². The van der Waals surface area contributed by atoms with E-state index in [2.05, 4.69) is 4.99 Å². The van der Waals surface area contributed by atoms with Crippen molar-refractivity contribution < 1.29 is 38.0 Å². The molecular weight excluding hydrogens is 552 g/mol. The fourth-order valence-corrected chi connectivity index (χ4v) is 5.62. The predicted octanol–water partition coefficient (Wildman–Crippen LogP) is 2.48. The maximum Gasteiger partial charge on any atom is 0.344 e. The number of allylic oxidation sites excluding steroid dienone is 1. The number of hydrogen-bond donors (Lipinski definition) is 0. The number of thiazole rings is 1. The molecule has 0 radical (unpaired) electrons. The van der Waals surface area contributed by atoms with Gasteiger partial charge in [-0.25, -0.2) is 14.6 Å². The molecule has 41 heavy (non-hydrogen) atoms. The summed E-state index contributed by atoms with van der Waals surface area (Å²) in [5.41, 5.74) is 1.66. The molecule has 0 aliphatic carbocycles. The molecule has 0 saturated heterocycles. The number of hydrogen-bond acceptors (Lipinski definition) is 11. The second kappa shape index (κ2) is 11.9. The summed E-state index contributed by atoms with van der Waals surface area (Å²) in [5, 5.41) is 0. The van der Waals surface area contributed by atoms with E-state index in [1.165, 1.54) is 23.0 Å². The van der Waals surface area contributed by atoms with Gasteiger partial charge in [-0.1, -0.05) is 23.5 Å². The molecule has 2 aliphatic rings. The zero-order valence-electron chi connectivity index (χ0n) is 22.9. The lowest BCUT2D eigenvalue weighted by molar-refractivity contribution is -0.145. The SMILES string of the molecule is CCOC(=O)COc1ccc(C2C(C(=O)OCC)=C(C)N=c3s/c(=C\c4ccc5c(c4)OCO5)c(=O)n32)cc1OC. The number of nitrogens with zero attached hydrogens (tertiary/aromatic N) is 2. The van der Waals surface area contributed by atoms with Crippen LogP contribution in [0.5, 0.6) is 23.0 Å². The average molecular weight is 581 g/mol. The van der Waals surface area contributed by atoms with Crippen LogP contribution in [-0.4, -0.2) is 50.2 Å². The van der Waals surface area contributed by atoms with Gasteiger partial charge in [0.15, 0.2) is 34.4 Å². The first-order valence-corrected chi connectivity index (χ1v) is 13.7. The summed E-state index contributed by atoms with van der Waals surface area (Å²) < 4.78 is 34.2. The van der Waals surface area contributed by atoms with Crippen LogP contribution in [-0.2, 0) is 19.1 Å². The quantitative estimate of drug-likeness (QED) is 0.351. The van der Waals surface area contributed by atoms with E-state index in [1.807, 2.05) is 6.07 Å². The molecule has 0 fully saturated rings. The van der Waals surface area contributed by atoms with Gasteiger partial charge in [0.05, 0.1) is 42.2 Å². The van der Waals surface area contributed by atoms with Gasteiger partial charge in [0.1, 0.15) is 0 Å². The highest BCUT2D eigenvalue weighted by Gasteiger charge is 2.34. The number of fused-ring (bicyclic) bond motifs is 2. The molecule has 0 saturated carbocycles. The van der Waals surface area contributed by atoms with Crippen molar-refractivity contribution in [2.75, 3.05) is 33.7 Å². The van der Waals surface area contributed by atoms with Gasteiger partial charge in [0.2, 0.25) is 6.79 Å². The van der Waals surface area contributed by atoms with Crippen molar-refractivity contribution in [3.63, 3.8) is 0 Å². The first kappa shape index (κ1) is 28.0. The summed E-state index contributed by atoms with van der Waals surface area (Å²) in [6.07, 6.45) is 1.75. The highest BCUT2D eigenvalue weighted by Crippen LogP contribution is 2.36. The van der Waals surface area contributed by atoms with Gasteiger partial charge >= 0.3 is 11.9 Å². The molecule has 5 rings (SSSR count). The Morgan fingerprint density at radius 3 is 2.61 bits per heavy atom. The molecule has 3 aromatic rings. The molecule has 0 N–H and O–H groups in total. The monoisotopic (exact) mass is 580 g/mol. The number of carbonyl (C=O) groups is 2. The normalized spacial score (nSPS) is 15.7. The van der Waals surface area contributed by atoms with Crippen LogP contribution < -0.4 is 33.8 Å².